The van der Waals surface area contributed by atoms with Gasteiger partial charge in [-0.05, 0) is 30.3 Å². The van der Waals surface area contributed by atoms with Gasteiger partial charge in [0.25, 0.3) is 5.91 Å². The van der Waals surface area contributed by atoms with Gasteiger partial charge in [0.05, 0.1) is 16.7 Å². The lowest BCUT2D eigenvalue weighted by Crippen LogP contribution is -2.42. The molecule has 2 aromatic rings. The second-order valence-electron chi connectivity index (χ2n) is 7.06. The first-order valence-electron chi connectivity index (χ1n) is 9.28. The van der Waals surface area contributed by atoms with Crippen molar-refractivity contribution in [3.63, 3.8) is 0 Å². The van der Waals surface area contributed by atoms with Crippen LogP contribution in [0.5, 0.6) is 5.75 Å². The topological polar surface area (TPSA) is 46.6 Å². The lowest BCUT2D eigenvalue weighted by molar-refractivity contribution is -0.143. The first-order chi connectivity index (χ1) is 14.5. The van der Waals surface area contributed by atoms with E-state index in [-0.39, 0.29) is 25.3 Å². The van der Waals surface area contributed by atoms with Crippen LogP contribution in [-0.4, -0.2) is 36.3 Å². The molecule has 10 heteroatoms. The lowest BCUT2D eigenvalue weighted by Gasteiger charge is -2.32. The highest BCUT2D eigenvalue weighted by atomic mass is 19.4. The number of benzene rings is 2. The molecule has 0 spiro atoms. The maximum absolute atomic E-state index is 13.0. The van der Waals surface area contributed by atoms with Gasteiger partial charge in [0.1, 0.15) is 11.9 Å². The minimum absolute atomic E-state index is 0.0126. The summed E-state index contributed by atoms with van der Waals surface area (Å²) in [4.78, 5) is 24.9. The summed E-state index contributed by atoms with van der Waals surface area (Å²) in [6, 6.07) is 7.40. The number of ether oxygens (including phenoxy) is 1. The van der Waals surface area contributed by atoms with Gasteiger partial charge in [0.2, 0.25) is 0 Å². The molecule has 0 bridgehead atoms. The summed E-state index contributed by atoms with van der Waals surface area (Å²) >= 11 is 0. The number of carbonyl (C=O) groups is 2. The Balaban J connectivity index is 1.74. The minimum Gasteiger partial charge on any atom is -0.490 e. The molecule has 0 saturated carbocycles. The van der Waals surface area contributed by atoms with Crippen LogP contribution in [-0.2, 0) is 12.4 Å². The average molecular weight is 445 g/mol. The third kappa shape index (κ3) is 5.36. The molecule has 3 rings (SSSR count). The fourth-order valence-electron chi connectivity index (χ4n) is 3.30. The highest BCUT2D eigenvalue weighted by Crippen LogP contribution is 2.36. The molecule has 0 N–H and O–H groups in total. The van der Waals surface area contributed by atoms with Gasteiger partial charge in [0, 0.05) is 31.5 Å². The molecule has 1 aliphatic heterocycles. The van der Waals surface area contributed by atoms with Crippen LogP contribution in [0.25, 0.3) is 0 Å². The summed E-state index contributed by atoms with van der Waals surface area (Å²) in [5.74, 6) is -0.543. The van der Waals surface area contributed by atoms with Crippen LogP contribution in [0.2, 0.25) is 0 Å². The standard InChI is InChI=1S/C21H17F6NO3/c22-20(23,24)15-9-14(10-16(11-15)21(25,26)27)19(30)28-7-5-17(6-8-28)31-18-4-2-1-3-13(18)12-29/h1-4,9-12,17H,5-8H2. The number of halogens is 6. The highest BCUT2D eigenvalue weighted by Gasteiger charge is 2.38. The summed E-state index contributed by atoms with van der Waals surface area (Å²) in [5, 5.41) is 0. The van der Waals surface area contributed by atoms with Gasteiger partial charge in [0.15, 0.2) is 6.29 Å². The average Bonchev–Trinajstić information content (AvgIpc) is 2.72. The maximum atomic E-state index is 13.0. The molecule has 166 valence electrons. The fraction of sp³-hybridized carbons (Fsp3) is 0.333. The molecule has 1 saturated heterocycles. The van der Waals surface area contributed by atoms with Crippen molar-refractivity contribution in [1.82, 2.24) is 4.90 Å². The summed E-state index contributed by atoms with van der Waals surface area (Å²) in [6.45, 7) is 0.175. The Morgan fingerprint density at radius 1 is 0.935 bits per heavy atom. The third-order valence-corrected chi connectivity index (χ3v) is 4.90. The first-order valence-corrected chi connectivity index (χ1v) is 9.28. The molecule has 1 aliphatic rings. The van der Waals surface area contributed by atoms with Gasteiger partial charge in [-0.1, -0.05) is 12.1 Å². The molecule has 2 aromatic carbocycles. The molecular formula is C21H17F6NO3. The molecule has 1 fully saturated rings. The lowest BCUT2D eigenvalue weighted by atomic mass is 10.0. The van der Waals surface area contributed by atoms with Gasteiger partial charge in [-0.2, -0.15) is 26.3 Å². The molecule has 0 aromatic heterocycles. The number of nitrogens with zero attached hydrogens (tertiary/aromatic N) is 1. The zero-order chi connectivity index (χ0) is 22.8. The van der Waals surface area contributed by atoms with E-state index >= 15 is 0 Å². The Kier molecular flexibility index (Phi) is 6.28. The number of amides is 1. The molecule has 0 atom stereocenters. The zero-order valence-electron chi connectivity index (χ0n) is 16.0. The second kappa shape index (κ2) is 8.60. The van der Waals surface area contributed by atoms with Crippen LogP contribution in [0.1, 0.15) is 44.7 Å². The molecule has 1 heterocycles. The molecular weight excluding hydrogens is 428 g/mol. The van der Waals surface area contributed by atoms with Crippen molar-refractivity contribution in [2.24, 2.45) is 0 Å². The monoisotopic (exact) mass is 445 g/mol. The van der Waals surface area contributed by atoms with Crippen molar-refractivity contribution < 1.29 is 40.7 Å². The number of likely N-dealkylation sites (tertiary alicyclic amines) is 1. The summed E-state index contributed by atoms with van der Waals surface area (Å²) in [6.07, 6.45) is -9.14. The fourth-order valence-corrected chi connectivity index (χ4v) is 3.30. The molecule has 0 unspecified atom stereocenters. The van der Waals surface area contributed by atoms with E-state index in [1.807, 2.05) is 0 Å². The Hall–Kier alpha value is -3.04. The number of rotatable bonds is 4. The Bertz CT molecular complexity index is 930. The Labute approximate surface area is 173 Å². The van der Waals surface area contributed by atoms with Crippen molar-refractivity contribution in [2.75, 3.05) is 13.1 Å². The van der Waals surface area contributed by atoms with Crippen molar-refractivity contribution >= 4 is 12.2 Å². The van der Waals surface area contributed by atoms with E-state index < -0.39 is 35.0 Å². The molecule has 31 heavy (non-hydrogen) atoms. The van der Waals surface area contributed by atoms with E-state index in [1.54, 1.807) is 24.3 Å². The van der Waals surface area contributed by atoms with E-state index in [9.17, 15) is 35.9 Å². The van der Waals surface area contributed by atoms with Crippen molar-refractivity contribution in [2.45, 2.75) is 31.3 Å². The maximum Gasteiger partial charge on any atom is 0.416 e. The zero-order valence-corrected chi connectivity index (χ0v) is 16.0. The second-order valence-corrected chi connectivity index (χ2v) is 7.06. The van der Waals surface area contributed by atoms with E-state index in [2.05, 4.69) is 0 Å². The molecule has 0 aliphatic carbocycles. The van der Waals surface area contributed by atoms with E-state index in [1.165, 1.54) is 4.90 Å². The normalized spacial score (nSPS) is 15.6. The van der Waals surface area contributed by atoms with Gasteiger partial charge in [-0.15, -0.1) is 0 Å². The number of alkyl halides is 6. The number of carbonyl (C=O) groups excluding carboxylic acids is 2. The quantitative estimate of drug-likeness (QED) is 0.479. The molecule has 4 nitrogen and oxygen atoms in total. The third-order valence-electron chi connectivity index (χ3n) is 4.90. The summed E-state index contributed by atoms with van der Waals surface area (Å²) in [5.41, 5.74) is -3.39. The van der Waals surface area contributed by atoms with Crippen LogP contribution in [0.3, 0.4) is 0 Å². The van der Waals surface area contributed by atoms with E-state index in [0.717, 1.165) is 0 Å². The SMILES string of the molecule is O=Cc1ccccc1OC1CCN(C(=O)c2cc(C(F)(F)F)cc(C(F)(F)F)c2)CC1. The van der Waals surface area contributed by atoms with Crippen LogP contribution in [0.15, 0.2) is 42.5 Å². The number of hydrogen-bond donors (Lipinski definition) is 0. The number of hydrogen-bond acceptors (Lipinski definition) is 3. The van der Waals surface area contributed by atoms with Crippen molar-refractivity contribution in [1.29, 1.82) is 0 Å². The van der Waals surface area contributed by atoms with Crippen LogP contribution in [0, 0.1) is 0 Å². The summed E-state index contributed by atoms with van der Waals surface area (Å²) < 4.78 is 83.9. The van der Waals surface area contributed by atoms with Crippen LogP contribution >= 0.6 is 0 Å². The Morgan fingerprint density at radius 2 is 1.48 bits per heavy atom. The van der Waals surface area contributed by atoms with Gasteiger partial charge >= 0.3 is 12.4 Å². The van der Waals surface area contributed by atoms with Gasteiger partial charge < -0.3 is 9.64 Å². The van der Waals surface area contributed by atoms with Crippen LogP contribution in [0.4, 0.5) is 26.3 Å². The van der Waals surface area contributed by atoms with Gasteiger partial charge in [-0.25, -0.2) is 0 Å². The van der Waals surface area contributed by atoms with E-state index in [0.29, 0.717) is 42.6 Å². The number of para-hydroxylation sites is 1. The summed E-state index contributed by atoms with van der Waals surface area (Å²) in [7, 11) is 0. The van der Waals surface area contributed by atoms with Crippen LogP contribution < -0.4 is 4.74 Å². The largest absolute Gasteiger partial charge is 0.490 e. The predicted molar refractivity (Wildman–Crippen MR) is 97.8 cm³/mol. The van der Waals surface area contributed by atoms with E-state index in [4.69, 9.17) is 4.74 Å². The predicted octanol–water partition coefficient (Wildman–Crippen LogP) is 5.22. The van der Waals surface area contributed by atoms with Crippen molar-refractivity contribution in [3.05, 3.63) is 64.7 Å². The number of aldehydes is 1. The highest BCUT2D eigenvalue weighted by molar-refractivity contribution is 5.94. The Morgan fingerprint density at radius 3 is 2.00 bits per heavy atom. The smallest absolute Gasteiger partial charge is 0.416 e. The first kappa shape index (κ1) is 22.6. The molecule has 0 radical (unpaired) electrons. The number of piperidine rings is 1. The van der Waals surface area contributed by atoms with Gasteiger partial charge in [-0.3, -0.25) is 9.59 Å². The minimum atomic E-state index is -5.02. The molecule has 1 amide bonds. The van der Waals surface area contributed by atoms with Crippen molar-refractivity contribution in [3.8, 4) is 5.75 Å².